The molecule has 1 fully saturated rings. The molecule has 5 rings (SSSR count). The number of imidazole rings is 1. The van der Waals surface area contributed by atoms with E-state index in [9.17, 15) is 14.0 Å². The van der Waals surface area contributed by atoms with Crippen molar-refractivity contribution >= 4 is 17.1 Å². The summed E-state index contributed by atoms with van der Waals surface area (Å²) in [5.74, 6) is 0.360. The molecule has 0 radical (unpaired) electrons. The molecule has 12 heteroatoms. The molecule has 10 nitrogen and oxygen atoms in total. The summed E-state index contributed by atoms with van der Waals surface area (Å²) in [6, 6.07) is 6.10. The van der Waals surface area contributed by atoms with Crippen LogP contribution in [0.5, 0.6) is 0 Å². The highest BCUT2D eigenvalue weighted by Gasteiger charge is 2.26. The summed E-state index contributed by atoms with van der Waals surface area (Å²) in [7, 11) is 0. The summed E-state index contributed by atoms with van der Waals surface area (Å²) in [6.07, 6.45) is 8.72. The van der Waals surface area contributed by atoms with Crippen LogP contribution in [0.2, 0.25) is 0 Å². The van der Waals surface area contributed by atoms with Gasteiger partial charge < -0.3 is 9.88 Å². The van der Waals surface area contributed by atoms with Gasteiger partial charge in [-0.3, -0.25) is 4.68 Å². The second kappa shape index (κ2) is 9.43. The molecule has 35 heavy (non-hydrogen) atoms. The molecule has 0 amide bonds. The third kappa shape index (κ3) is 4.64. The molecule has 1 aliphatic rings. The second-order valence-electron chi connectivity index (χ2n) is 8.40. The monoisotopic (exact) mass is 474 g/mol. The maximum Gasteiger partial charge on any atom is 0.257 e. The Morgan fingerprint density at radius 2 is 2.00 bits per heavy atom. The van der Waals surface area contributed by atoms with E-state index in [1.807, 2.05) is 4.57 Å². The van der Waals surface area contributed by atoms with Crippen molar-refractivity contribution in [2.24, 2.45) is 0 Å². The fourth-order valence-corrected chi connectivity index (χ4v) is 4.46. The Labute approximate surface area is 198 Å². The van der Waals surface area contributed by atoms with E-state index < -0.39 is 13.0 Å². The van der Waals surface area contributed by atoms with Crippen molar-refractivity contribution in [3.63, 3.8) is 0 Å². The minimum absolute atomic E-state index is 0.0759. The number of hydrogen-bond donors (Lipinski definition) is 1. The third-order valence-corrected chi connectivity index (χ3v) is 6.06. The zero-order valence-corrected chi connectivity index (χ0v) is 18.5. The van der Waals surface area contributed by atoms with Crippen LogP contribution >= 0.6 is 0 Å². The molecule has 0 saturated heterocycles. The van der Waals surface area contributed by atoms with E-state index in [1.54, 1.807) is 18.6 Å². The highest BCUT2D eigenvalue weighted by atomic mass is 19.3. The summed E-state index contributed by atoms with van der Waals surface area (Å²) >= 11 is 0. The summed E-state index contributed by atoms with van der Waals surface area (Å²) in [5.41, 5.74) is 2.96. The van der Waals surface area contributed by atoms with E-state index in [0.29, 0.717) is 28.3 Å². The van der Waals surface area contributed by atoms with E-state index in [0.717, 1.165) is 36.0 Å². The highest BCUT2D eigenvalue weighted by Crippen LogP contribution is 2.32. The molecule has 0 unspecified atom stereocenters. The molecule has 1 saturated carbocycles. The lowest BCUT2D eigenvalue weighted by Crippen LogP contribution is -2.29. The maximum absolute atomic E-state index is 12.7. The van der Waals surface area contributed by atoms with Gasteiger partial charge in [0.2, 0.25) is 5.95 Å². The number of pyridine rings is 1. The summed E-state index contributed by atoms with van der Waals surface area (Å²) in [6.45, 7) is -0.531. The number of hydrogen-bond acceptors (Lipinski definition) is 8. The molecular weight excluding hydrogens is 454 g/mol. The fourth-order valence-electron chi connectivity index (χ4n) is 4.46. The van der Waals surface area contributed by atoms with Gasteiger partial charge in [0.05, 0.1) is 35.5 Å². The fraction of sp³-hybridized carbons (Fsp3) is 0.348. The van der Waals surface area contributed by atoms with Crippen molar-refractivity contribution in [3.05, 3.63) is 48.3 Å². The molecule has 2 atom stereocenters. The maximum atomic E-state index is 12.7. The molecule has 0 aliphatic heterocycles. The lowest BCUT2D eigenvalue weighted by atomic mass is 9.91. The Kier molecular flexibility index (Phi) is 6.02. The van der Waals surface area contributed by atoms with E-state index in [1.165, 1.54) is 18.6 Å². The number of halogens is 2. The first-order chi connectivity index (χ1) is 17.0. The number of anilines is 1. The van der Waals surface area contributed by atoms with Crippen molar-refractivity contribution in [3.8, 4) is 23.4 Å². The smallest absolute Gasteiger partial charge is 0.257 e. The zero-order valence-electron chi connectivity index (χ0n) is 18.5. The zero-order chi connectivity index (χ0) is 24.4. The van der Waals surface area contributed by atoms with Crippen LogP contribution in [0.3, 0.4) is 0 Å². The van der Waals surface area contributed by atoms with Gasteiger partial charge in [0.25, 0.3) is 6.43 Å². The second-order valence-corrected chi connectivity index (χ2v) is 8.40. The van der Waals surface area contributed by atoms with Crippen molar-refractivity contribution in [1.29, 1.82) is 10.5 Å². The molecule has 4 heterocycles. The van der Waals surface area contributed by atoms with Gasteiger partial charge in [0.15, 0.2) is 5.65 Å². The van der Waals surface area contributed by atoms with Gasteiger partial charge in [-0.15, -0.1) is 0 Å². The third-order valence-electron chi connectivity index (χ3n) is 6.06. The van der Waals surface area contributed by atoms with Crippen LogP contribution in [0, 0.1) is 22.7 Å². The van der Waals surface area contributed by atoms with E-state index >= 15 is 0 Å². The van der Waals surface area contributed by atoms with Gasteiger partial charge in [-0.2, -0.15) is 15.6 Å². The van der Waals surface area contributed by atoms with Gasteiger partial charge in [-0.05, 0) is 31.7 Å². The number of nitrogens with zero attached hydrogens (tertiary/aromatic N) is 9. The normalized spacial score (nSPS) is 17.9. The molecule has 0 bridgehead atoms. The topological polar surface area (TPSA) is 134 Å². The van der Waals surface area contributed by atoms with Gasteiger partial charge in [0, 0.05) is 30.0 Å². The molecule has 0 aromatic carbocycles. The van der Waals surface area contributed by atoms with E-state index in [-0.39, 0.29) is 17.6 Å². The molecule has 4 aromatic heterocycles. The molecule has 1 aliphatic carbocycles. The summed E-state index contributed by atoms with van der Waals surface area (Å²) in [5, 5.41) is 25.9. The average Bonchev–Trinajstić information content (AvgIpc) is 3.50. The molecule has 4 aromatic rings. The molecule has 176 valence electrons. The molecular formula is C23H20F2N10. The Bertz CT molecular complexity index is 1440. The number of alkyl halides is 2. The van der Waals surface area contributed by atoms with Crippen LogP contribution in [-0.2, 0) is 6.54 Å². The average molecular weight is 474 g/mol. The Morgan fingerprint density at radius 1 is 1.11 bits per heavy atom. The van der Waals surface area contributed by atoms with E-state index in [2.05, 4.69) is 42.5 Å². The molecule has 0 spiro atoms. The minimum atomic E-state index is -2.53. The first-order valence-corrected chi connectivity index (χ1v) is 11.1. The first kappa shape index (κ1) is 22.3. The van der Waals surface area contributed by atoms with Gasteiger partial charge in [-0.1, -0.05) is 0 Å². The molecule has 1 N–H and O–H groups in total. The van der Waals surface area contributed by atoms with Crippen LogP contribution < -0.4 is 5.32 Å². The first-order valence-electron chi connectivity index (χ1n) is 11.1. The SMILES string of the molecule is N#Cc1cnc2c(c1)ncn2[C@H]1CCC[C@@H](Nc2ncc(C#N)c(-c3cnn(CC(F)F)c3)n2)C1. The van der Waals surface area contributed by atoms with Crippen molar-refractivity contribution < 1.29 is 8.78 Å². The number of aromatic nitrogens is 7. The largest absolute Gasteiger partial charge is 0.351 e. The predicted octanol–water partition coefficient (Wildman–Crippen LogP) is 3.69. The number of nitriles is 2. The lowest BCUT2D eigenvalue weighted by molar-refractivity contribution is 0.122. The van der Waals surface area contributed by atoms with Crippen LogP contribution in [0.15, 0.2) is 37.2 Å². The quantitative estimate of drug-likeness (QED) is 0.447. The standard InChI is InChI=1S/C23H20F2N10/c24-20(25)12-34-11-16(10-31-34)21-15(7-27)9-29-23(33-21)32-17-2-1-3-18(5-17)35-13-30-19-4-14(6-26)8-28-22(19)35/h4,8-11,13,17-18,20H,1-3,5,12H2,(H,29,32,33)/t17-,18+/m1/s1. The van der Waals surface area contributed by atoms with E-state index in [4.69, 9.17) is 5.26 Å². The van der Waals surface area contributed by atoms with Crippen LogP contribution in [0.25, 0.3) is 22.4 Å². The van der Waals surface area contributed by atoms with Crippen LogP contribution in [0.1, 0.15) is 42.9 Å². The number of rotatable bonds is 6. The van der Waals surface area contributed by atoms with Crippen LogP contribution in [-0.4, -0.2) is 46.8 Å². The van der Waals surface area contributed by atoms with Crippen molar-refractivity contribution in [2.45, 2.75) is 50.7 Å². The Hall–Kier alpha value is -4.45. The highest BCUT2D eigenvalue weighted by molar-refractivity contribution is 5.72. The Morgan fingerprint density at radius 3 is 2.80 bits per heavy atom. The predicted molar refractivity (Wildman–Crippen MR) is 121 cm³/mol. The van der Waals surface area contributed by atoms with Crippen LogP contribution in [0.4, 0.5) is 14.7 Å². The number of nitrogens with one attached hydrogen (secondary N) is 1. The summed E-state index contributed by atoms with van der Waals surface area (Å²) < 4.78 is 28.5. The Balaban J connectivity index is 1.35. The van der Waals surface area contributed by atoms with Crippen molar-refractivity contribution in [1.82, 2.24) is 34.3 Å². The van der Waals surface area contributed by atoms with Crippen molar-refractivity contribution in [2.75, 3.05) is 5.32 Å². The van der Waals surface area contributed by atoms with Gasteiger partial charge in [0.1, 0.15) is 24.2 Å². The summed E-state index contributed by atoms with van der Waals surface area (Å²) in [4.78, 5) is 17.6. The minimum Gasteiger partial charge on any atom is -0.351 e. The number of fused-ring (bicyclic) bond motifs is 1. The van der Waals surface area contributed by atoms with Gasteiger partial charge >= 0.3 is 0 Å². The van der Waals surface area contributed by atoms with Gasteiger partial charge in [-0.25, -0.2) is 28.7 Å². The lowest BCUT2D eigenvalue weighted by Gasteiger charge is -2.30.